The van der Waals surface area contributed by atoms with Crippen LogP contribution >= 0.6 is 11.6 Å². The molecule has 1 atom stereocenters. The van der Waals surface area contributed by atoms with Crippen LogP contribution in [-0.2, 0) is 16.1 Å². The molecule has 3 heterocycles. The van der Waals surface area contributed by atoms with E-state index in [4.69, 9.17) is 11.6 Å². The van der Waals surface area contributed by atoms with Gasteiger partial charge in [0.25, 0.3) is 0 Å². The number of pyridine rings is 1. The molecule has 4 rings (SSSR count). The minimum Gasteiger partial charge on any atom is -0.387 e. The Balaban J connectivity index is 1.57. The Morgan fingerprint density at radius 1 is 1.18 bits per heavy atom. The van der Waals surface area contributed by atoms with E-state index in [0.29, 0.717) is 36.8 Å². The van der Waals surface area contributed by atoms with Crippen molar-refractivity contribution in [2.75, 3.05) is 39.0 Å². The number of amides is 2. The lowest BCUT2D eigenvalue weighted by atomic mass is 10.1. The van der Waals surface area contributed by atoms with Gasteiger partial charge in [-0.1, -0.05) is 42.4 Å². The number of para-hydroxylation sites is 1. The number of benzene rings is 1. The number of nitrogens with one attached hydrogen (secondary N) is 2. The first kappa shape index (κ1) is 22.8. The highest BCUT2D eigenvalue weighted by Gasteiger charge is 2.34. The Hall–Kier alpha value is -3.43. The lowest BCUT2D eigenvalue weighted by Gasteiger charge is -2.39. The highest BCUT2D eigenvalue weighted by molar-refractivity contribution is 6.29. The van der Waals surface area contributed by atoms with Crippen molar-refractivity contribution in [3.8, 4) is 0 Å². The van der Waals surface area contributed by atoms with Crippen LogP contribution in [-0.4, -0.2) is 76.2 Å². The number of piperazine rings is 1. The minimum atomic E-state index is -0.661. The number of halogens is 1. The van der Waals surface area contributed by atoms with Gasteiger partial charge in [-0.2, -0.15) is 5.10 Å². The summed E-state index contributed by atoms with van der Waals surface area (Å²) in [5.41, 5.74) is 2.19. The van der Waals surface area contributed by atoms with Gasteiger partial charge in [-0.25, -0.2) is 4.98 Å². The molecule has 2 aromatic heterocycles. The summed E-state index contributed by atoms with van der Waals surface area (Å²) in [5.74, 6) is -0.141. The van der Waals surface area contributed by atoms with E-state index in [9.17, 15) is 9.59 Å². The summed E-state index contributed by atoms with van der Waals surface area (Å²) in [6.45, 7) is 5.55. The number of carbonyl (C=O) groups excluding carboxylic acids is 2. The van der Waals surface area contributed by atoms with Gasteiger partial charge in [0.2, 0.25) is 11.8 Å². The molecule has 10 heteroatoms. The summed E-state index contributed by atoms with van der Waals surface area (Å²) in [4.78, 5) is 34.2. The second-order valence-corrected chi connectivity index (χ2v) is 8.34. The largest absolute Gasteiger partial charge is 0.387 e. The highest BCUT2D eigenvalue weighted by Crippen LogP contribution is 2.23. The molecular formula is C23H26ClN7O2. The first-order valence-electron chi connectivity index (χ1n) is 10.6. The minimum absolute atomic E-state index is 0.0143. The number of likely N-dealkylation sites (N-methyl/N-ethyl adjacent to an activating group) is 1. The molecule has 33 heavy (non-hydrogen) atoms. The average Bonchev–Trinajstić information content (AvgIpc) is 3.17. The summed E-state index contributed by atoms with van der Waals surface area (Å²) < 4.78 is 1.67. The molecule has 0 radical (unpaired) electrons. The molecule has 0 bridgehead atoms. The van der Waals surface area contributed by atoms with Gasteiger partial charge in [-0.3, -0.25) is 14.3 Å². The molecule has 1 fully saturated rings. The quantitative estimate of drug-likeness (QED) is 0.539. The summed E-state index contributed by atoms with van der Waals surface area (Å²) >= 11 is 5.93. The molecule has 1 aliphatic rings. The zero-order chi connectivity index (χ0) is 23.5. The topological polar surface area (TPSA) is 95.4 Å². The van der Waals surface area contributed by atoms with Crippen LogP contribution in [0, 0.1) is 0 Å². The van der Waals surface area contributed by atoms with E-state index in [2.05, 4.69) is 27.3 Å². The SMILES string of the molecule is C=C(NC)c1nn(CC(=O)N2CCN(C)C[C@H]2C(=O)Nc2cccc(Cl)n2)c2ccccc12. The molecule has 2 N–H and O–H groups in total. The number of nitrogens with zero attached hydrogens (tertiary/aromatic N) is 5. The summed E-state index contributed by atoms with van der Waals surface area (Å²) in [5, 5.41) is 11.6. The maximum atomic E-state index is 13.4. The predicted molar refractivity (Wildman–Crippen MR) is 129 cm³/mol. The Morgan fingerprint density at radius 2 is 1.97 bits per heavy atom. The average molecular weight is 468 g/mol. The first-order valence-corrected chi connectivity index (χ1v) is 11.0. The third-order valence-electron chi connectivity index (χ3n) is 5.70. The molecule has 0 unspecified atom stereocenters. The predicted octanol–water partition coefficient (Wildman–Crippen LogP) is 2.06. The third kappa shape index (κ3) is 4.84. The molecule has 9 nitrogen and oxygen atoms in total. The monoisotopic (exact) mass is 467 g/mol. The molecular weight excluding hydrogens is 442 g/mol. The smallest absolute Gasteiger partial charge is 0.249 e. The summed E-state index contributed by atoms with van der Waals surface area (Å²) in [7, 11) is 3.71. The van der Waals surface area contributed by atoms with Crippen molar-refractivity contribution < 1.29 is 9.59 Å². The van der Waals surface area contributed by atoms with Crippen molar-refractivity contribution in [1.82, 2.24) is 29.9 Å². The lowest BCUT2D eigenvalue weighted by Crippen LogP contribution is -2.59. The van der Waals surface area contributed by atoms with Crippen LogP contribution in [0.15, 0.2) is 49.0 Å². The zero-order valence-corrected chi connectivity index (χ0v) is 19.3. The molecule has 1 aromatic carbocycles. The number of carbonyl (C=O) groups is 2. The van der Waals surface area contributed by atoms with Crippen molar-refractivity contribution in [2.45, 2.75) is 12.6 Å². The fraction of sp³-hybridized carbons (Fsp3) is 0.304. The van der Waals surface area contributed by atoms with Crippen molar-refractivity contribution in [3.05, 3.63) is 59.9 Å². The van der Waals surface area contributed by atoms with Gasteiger partial charge in [0.05, 0.1) is 11.2 Å². The number of aromatic nitrogens is 3. The fourth-order valence-electron chi connectivity index (χ4n) is 3.94. The van der Waals surface area contributed by atoms with E-state index in [1.165, 1.54) is 0 Å². The van der Waals surface area contributed by atoms with Crippen LogP contribution in [0.5, 0.6) is 0 Å². The van der Waals surface area contributed by atoms with Crippen LogP contribution in [0.4, 0.5) is 5.82 Å². The van der Waals surface area contributed by atoms with E-state index in [-0.39, 0.29) is 23.5 Å². The second-order valence-electron chi connectivity index (χ2n) is 7.95. The van der Waals surface area contributed by atoms with Gasteiger partial charge in [-0.05, 0) is 25.2 Å². The molecule has 1 aliphatic heterocycles. The van der Waals surface area contributed by atoms with Crippen molar-refractivity contribution >= 4 is 45.8 Å². The van der Waals surface area contributed by atoms with Crippen molar-refractivity contribution in [2.24, 2.45) is 0 Å². The van der Waals surface area contributed by atoms with Crippen molar-refractivity contribution in [3.63, 3.8) is 0 Å². The Morgan fingerprint density at radius 3 is 2.73 bits per heavy atom. The zero-order valence-electron chi connectivity index (χ0n) is 18.6. The van der Waals surface area contributed by atoms with Crippen LogP contribution in [0.3, 0.4) is 0 Å². The number of hydrogen-bond acceptors (Lipinski definition) is 6. The highest BCUT2D eigenvalue weighted by atomic mass is 35.5. The van der Waals surface area contributed by atoms with Gasteiger partial charge in [0, 0.05) is 32.1 Å². The molecule has 1 saturated heterocycles. The standard InChI is InChI=1S/C23H26ClN7O2/c1-15(25-2)22-16-7-4-5-8-17(16)31(28-22)14-21(32)30-12-11-29(3)13-18(30)23(33)27-20-10-6-9-19(24)26-20/h4-10,18,25H,1,11-14H2,2-3H3,(H,26,27,33)/t18-/m0/s1. The molecule has 0 saturated carbocycles. The lowest BCUT2D eigenvalue weighted by molar-refractivity contribution is -0.142. The number of hydrogen-bond donors (Lipinski definition) is 2. The van der Waals surface area contributed by atoms with Crippen LogP contribution < -0.4 is 10.6 Å². The second kappa shape index (κ2) is 9.60. The van der Waals surface area contributed by atoms with Crippen LogP contribution in [0.25, 0.3) is 16.6 Å². The summed E-state index contributed by atoms with van der Waals surface area (Å²) in [6, 6.07) is 12.0. The maximum Gasteiger partial charge on any atom is 0.249 e. The summed E-state index contributed by atoms with van der Waals surface area (Å²) in [6.07, 6.45) is 0. The Labute approximate surface area is 197 Å². The van der Waals surface area contributed by atoms with Gasteiger partial charge in [0.1, 0.15) is 29.3 Å². The number of anilines is 1. The van der Waals surface area contributed by atoms with Gasteiger partial charge in [0.15, 0.2) is 0 Å². The molecule has 0 spiro atoms. The normalized spacial score (nSPS) is 16.6. The third-order valence-corrected chi connectivity index (χ3v) is 5.91. The molecule has 3 aromatic rings. The van der Waals surface area contributed by atoms with Gasteiger partial charge < -0.3 is 20.4 Å². The molecule has 172 valence electrons. The number of fused-ring (bicyclic) bond motifs is 1. The van der Waals surface area contributed by atoms with E-state index in [1.807, 2.05) is 36.2 Å². The maximum absolute atomic E-state index is 13.4. The van der Waals surface area contributed by atoms with Gasteiger partial charge in [-0.15, -0.1) is 0 Å². The van der Waals surface area contributed by atoms with Crippen molar-refractivity contribution in [1.29, 1.82) is 0 Å². The van der Waals surface area contributed by atoms with Crippen LogP contribution in [0.2, 0.25) is 5.15 Å². The fourth-order valence-corrected chi connectivity index (χ4v) is 4.10. The van der Waals surface area contributed by atoms with E-state index in [0.717, 1.165) is 10.9 Å². The van der Waals surface area contributed by atoms with E-state index >= 15 is 0 Å². The Kier molecular flexibility index (Phi) is 6.62. The van der Waals surface area contributed by atoms with E-state index < -0.39 is 6.04 Å². The number of rotatable bonds is 6. The van der Waals surface area contributed by atoms with E-state index in [1.54, 1.807) is 34.8 Å². The van der Waals surface area contributed by atoms with Gasteiger partial charge >= 0.3 is 0 Å². The molecule has 2 amide bonds. The first-order chi connectivity index (χ1) is 15.9. The van der Waals surface area contributed by atoms with Crippen LogP contribution in [0.1, 0.15) is 5.69 Å². The molecule has 0 aliphatic carbocycles. The Bertz CT molecular complexity index is 1210.